The van der Waals surface area contributed by atoms with Crippen molar-refractivity contribution in [1.82, 2.24) is 0 Å². The minimum absolute atomic E-state index is 0.137. The van der Waals surface area contributed by atoms with Crippen molar-refractivity contribution in [3.63, 3.8) is 0 Å². The van der Waals surface area contributed by atoms with Crippen LogP contribution in [0.25, 0.3) is 0 Å². The average Bonchev–Trinajstić information content (AvgIpc) is 2.36. The second-order valence-corrected chi connectivity index (χ2v) is 4.80. The largest absolute Gasteiger partial charge is 0.376 e. The van der Waals surface area contributed by atoms with Crippen LogP contribution in [0.2, 0.25) is 10.0 Å². The second kappa shape index (κ2) is 6.45. The van der Waals surface area contributed by atoms with Gasteiger partial charge < -0.3 is 10.6 Å². The molecule has 0 bridgehead atoms. The first-order chi connectivity index (χ1) is 9.13. The van der Waals surface area contributed by atoms with Crippen LogP contribution in [0.1, 0.15) is 0 Å². The Morgan fingerprint density at radius 1 is 0.947 bits per heavy atom. The summed E-state index contributed by atoms with van der Waals surface area (Å²) in [4.78, 5) is 11.7. The fraction of sp³-hybridized carbons (Fsp3) is 0.0714. The van der Waals surface area contributed by atoms with E-state index in [9.17, 15) is 4.79 Å². The SMILES string of the molecule is O=C(CNc1cc(Cl)cc(Cl)c1)Nc1ccccc1. The van der Waals surface area contributed by atoms with E-state index >= 15 is 0 Å². The van der Waals surface area contributed by atoms with Gasteiger partial charge in [-0.25, -0.2) is 0 Å². The Labute approximate surface area is 121 Å². The smallest absolute Gasteiger partial charge is 0.243 e. The summed E-state index contributed by atoms with van der Waals surface area (Å²) in [5.41, 5.74) is 1.47. The molecule has 0 spiro atoms. The molecular formula is C14H12Cl2N2O. The van der Waals surface area contributed by atoms with Gasteiger partial charge in [-0.2, -0.15) is 0 Å². The molecule has 98 valence electrons. The molecule has 0 atom stereocenters. The number of amides is 1. The van der Waals surface area contributed by atoms with Crippen molar-refractivity contribution in [3.05, 3.63) is 58.6 Å². The molecule has 0 saturated heterocycles. The fourth-order valence-electron chi connectivity index (χ4n) is 1.56. The first-order valence-corrected chi connectivity index (χ1v) is 6.44. The molecule has 2 rings (SSSR count). The van der Waals surface area contributed by atoms with Gasteiger partial charge in [0.1, 0.15) is 0 Å². The molecule has 0 saturated carbocycles. The standard InChI is InChI=1S/C14H12Cl2N2O/c15-10-6-11(16)8-13(7-10)17-9-14(19)18-12-4-2-1-3-5-12/h1-8,17H,9H2,(H,18,19). The third-order valence-corrected chi connectivity index (χ3v) is 2.81. The zero-order valence-electron chi connectivity index (χ0n) is 9.99. The van der Waals surface area contributed by atoms with Crippen LogP contribution in [-0.4, -0.2) is 12.5 Å². The first-order valence-electron chi connectivity index (χ1n) is 5.68. The summed E-state index contributed by atoms with van der Waals surface area (Å²) in [5.74, 6) is -0.137. The van der Waals surface area contributed by atoms with Crippen LogP contribution in [0.4, 0.5) is 11.4 Å². The Morgan fingerprint density at radius 2 is 1.58 bits per heavy atom. The van der Waals surface area contributed by atoms with Crippen molar-refractivity contribution >= 4 is 40.5 Å². The van der Waals surface area contributed by atoms with Gasteiger partial charge in [-0.3, -0.25) is 4.79 Å². The van der Waals surface area contributed by atoms with Gasteiger partial charge >= 0.3 is 0 Å². The number of halogens is 2. The summed E-state index contributed by atoms with van der Waals surface area (Å²) in [5, 5.41) is 6.79. The number of benzene rings is 2. The van der Waals surface area contributed by atoms with Crippen molar-refractivity contribution < 1.29 is 4.79 Å². The van der Waals surface area contributed by atoms with Crippen LogP contribution in [0.3, 0.4) is 0 Å². The van der Waals surface area contributed by atoms with Crippen molar-refractivity contribution in [2.45, 2.75) is 0 Å². The lowest BCUT2D eigenvalue weighted by Crippen LogP contribution is -2.21. The third-order valence-electron chi connectivity index (χ3n) is 2.37. The highest BCUT2D eigenvalue weighted by molar-refractivity contribution is 6.35. The van der Waals surface area contributed by atoms with E-state index in [2.05, 4.69) is 10.6 Å². The van der Waals surface area contributed by atoms with Gasteiger partial charge in [-0.1, -0.05) is 41.4 Å². The minimum Gasteiger partial charge on any atom is -0.376 e. The molecule has 19 heavy (non-hydrogen) atoms. The second-order valence-electron chi connectivity index (χ2n) is 3.93. The van der Waals surface area contributed by atoms with Crippen molar-refractivity contribution in [1.29, 1.82) is 0 Å². The molecule has 1 amide bonds. The Morgan fingerprint density at radius 3 is 2.21 bits per heavy atom. The molecule has 0 aliphatic rings. The molecule has 0 aliphatic carbocycles. The Kier molecular flexibility index (Phi) is 4.66. The van der Waals surface area contributed by atoms with Crippen LogP contribution in [0.5, 0.6) is 0 Å². The molecule has 2 N–H and O–H groups in total. The molecule has 0 aliphatic heterocycles. The highest BCUT2D eigenvalue weighted by Crippen LogP contribution is 2.22. The van der Waals surface area contributed by atoms with E-state index < -0.39 is 0 Å². The average molecular weight is 295 g/mol. The monoisotopic (exact) mass is 294 g/mol. The topological polar surface area (TPSA) is 41.1 Å². The van der Waals surface area contributed by atoms with Crippen LogP contribution in [0.15, 0.2) is 48.5 Å². The summed E-state index contributed by atoms with van der Waals surface area (Å²) in [6, 6.07) is 14.3. The van der Waals surface area contributed by atoms with E-state index in [0.717, 1.165) is 5.69 Å². The Hall–Kier alpha value is -1.71. The molecule has 3 nitrogen and oxygen atoms in total. The fourth-order valence-corrected chi connectivity index (χ4v) is 2.09. The normalized spacial score (nSPS) is 10.0. The van der Waals surface area contributed by atoms with Gasteiger partial charge in [0.15, 0.2) is 0 Å². The van der Waals surface area contributed by atoms with Crippen LogP contribution in [-0.2, 0) is 4.79 Å². The highest BCUT2D eigenvalue weighted by Gasteiger charge is 2.03. The quantitative estimate of drug-likeness (QED) is 0.893. The summed E-state index contributed by atoms with van der Waals surface area (Å²) in [7, 11) is 0. The molecule has 2 aromatic rings. The van der Waals surface area contributed by atoms with E-state index in [-0.39, 0.29) is 12.5 Å². The van der Waals surface area contributed by atoms with Gasteiger partial charge in [0.2, 0.25) is 5.91 Å². The van der Waals surface area contributed by atoms with Crippen molar-refractivity contribution in [3.8, 4) is 0 Å². The maximum absolute atomic E-state index is 11.7. The van der Waals surface area contributed by atoms with E-state index in [0.29, 0.717) is 15.7 Å². The number of carbonyl (C=O) groups is 1. The number of nitrogens with one attached hydrogen (secondary N) is 2. The predicted octanol–water partition coefficient (Wildman–Crippen LogP) is 4.04. The van der Waals surface area contributed by atoms with Crippen LogP contribution >= 0.6 is 23.2 Å². The molecule has 0 heterocycles. The number of hydrogen-bond donors (Lipinski definition) is 2. The lowest BCUT2D eigenvalue weighted by atomic mass is 10.3. The lowest BCUT2D eigenvalue weighted by Gasteiger charge is -2.08. The van der Waals surface area contributed by atoms with Gasteiger partial charge in [0.25, 0.3) is 0 Å². The Bertz CT molecular complexity index is 553. The maximum atomic E-state index is 11.7. The van der Waals surface area contributed by atoms with Gasteiger partial charge in [0, 0.05) is 21.4 Å². The van der Waals surface area contributed by atoms with E-state index in [4.69, 9.17) is 23.2 Å². The first kappa shape index (κ1) is 13.7. The van der Waals surface area contributed by atoms with Crippen LogP contribution in [0, 0.1) is 0 Å². The van der Waals surface area contributed by atoms with E-state index in [1.165, 1.54) is 0 Å². The zero-order valence-corrected chi connectivity index (χ0v) is 11.5. The van der Waals surface area contributed by atoms with Gasteiger partial charge in [0.05, 0.1) is 6.54 Å². The Balaban J connectivity index is 1.90. The van der Waals surface area contributed by atoms with E-state index in [1.54, 1.807) is 18.2 Å². The number of hydrogen-bond acceptors (Lipinski definition) is 2. The number of rotatable bonds is 4. The highest BCUT2D eigenvalue weighted by atomic mass is 35.5. The number of anilines is 2. The molecule has 0 unspecified atom stereocenters. The predicted molar refractivity (Wildman–Crippen MR) is 80.0 cm³/mol. The van der Waals surface area contributed by atoms with Gasteiger partial charge in [-0.05, 0) is 30.3 Å². The number of para-hydroxylation sites is 1. The maximum Gasteiger partial charge on any atom is 0.243 e. The summed E-state index contributed by atoms with van der Waals surface area (Å²) >= 11 is 11.7. The third kappa shape index (κ3) is 4.47. The summed E-state index contributed by atoms with van der Waals surface area (Å²) in [6.45, 7) is 0.144. The molecule has 5 heteroatoms. The molecular weight excluding hydrogens is 283 g/mol. The molecule has 0 radical (unpaired) electrons. The summed E-state index contributed by atoms with van der Waals surface area (Å²) < 4.78 is 0. The van der Waals surface area contributed by atoms with Crippen molar-refractivity contribution in [2.24, 2.45) is 0 Å². The zero-order chi connectivity index (χ0) is 13.7. The van der Waals surface area contributed by atoms with Crippen molar-refractivity contribution in [2.75, 3.05) is 17.2 Å². The minimum atomic E-state index is -0.137. The number of carbonyl (C=O) groups excluding carboxylic acids is 1. The van der Waals surface area contributed by atoms with E-state index in [1.807, 2.05) is 30.3 Å². The molecule has 2 aromatic carbocycles. The van der Waals surface area contributed by atoms with Crippen LogP contribution < -0.4 is 10.6 Å². The van der Waals surface area contributed by atoms with Gasteiger partial charge in [-0.15, -0.1) is 0 Å². The molecule has 0 aromatic heterocycles. The summed E-state index contributed by atoms with van der Waals surface area (Å²) in [6.07, 6.45) is 0. The molecule has 0 fully saturated rings. The lowest BCUT2D eigenvalue weighted by molar-refractivity contribution is -0.114.